The van der Waals surface area contributed by atoms with Gasteiger partial charge >= 0.3 is 5.97 Å². The molecular formula is C42H47N2O6PSi. The Hall–Kier alpha value is -4.82. The van der Waals surface area contributed by atoms with E-state index in [4.69, 9.17) is 9.16 Å². The van der Waals surface area contributed by atoms with Crippen LogP contribution in [0.5, 0.6) is 0 Å². The van der Waals surface area contributed by atoms with Crippen molar-refractivity contribution in [3.05, 3.63) is 139 Å². The van der Waals surface area contributed by atoms with E-state index in [1.165, 1.54) is 11.0 Å². The first-order chi connectivity index (χ1) is 24.9. The van der Waals surface area contributed by atoms with E-state index in [2.05, 4.69) is 31.5 Å². The van der Waals surface area contributed by atoms with Crippen molar-refractivity contribution in [1.29, 1.82) is 0 Å². The summed E-state index contributed by atoms with van der Waals surface area (Å²) in [6, 6.07) is 35.1. The summed E-state index contributed by atoms with van der Waals surface area (Å²) in [5.41, 5.74) is 0.892. The van der Waals surface area contributed by atoms with Gasteiger partial charge in [-0.3, -0.25) is 14.4 Å². The summed E-state index contributed by atoms with van der Waals surface area (Å²) in [6.07, 6.45) is 0.861. The number of hydrogen-bond donors (Lipinski definition) is 1. The lowest BCUT2D eigenvalue weighted by Crippen LogP contribution is -2.69. The molecule has 4 aromatic carbocycles. The van der Waals surface area contributed by atoms with Crippen LogP contribution in [0.15, 0.2) is 128 Å². The summed E-state index contributed by atoms with van der Waals surface area (Å²) in [5, 5.41) is 5.32. The SMILES string of the molecule is C=CCOC(=O)C(N1C(=O)C(C(C)O[Si](C)(C)C)C1CC(=O)c1cccc(C(=O)NCC)c1)=P(c1ccccc1)(c1ccccc1)c1ccccc1. The molecule has 52 heavy (non-hydrogen) atoms. The number of nitrogens with zero attached hydrogens (tertiary/aromatic N) is 1. The number of carbonyl (C=O) groups is 4. The molecule has 1 heterocycles. The fourth-order valence-corrected chi connectivity index (χ4v) is 12.6. The maximum Gasteiger partial charge on any atom is 0.356 e. The number of esters is 1. The first kappa shape index (κ1) is 38.4. The molecule has 0 aliphatic carbocycles. The van der Waals surface area contributed by atoms with Crippen LogP contribution in [-0.2, 0) is 18.8 Å². The Balaban J connectivity index is 1.81. The average molecular weight is 735 g/mol. The zero-order valence-electron chi connectivity index (χ0n) is 30.5. The van der Waals surface area contributed by atoms with Crippen LogP contribution in [-0.4, -0.2) is 67.5 Å². The van der Waals surface area contributed by atoms with Crippen molar-refractivity contribution < 1.29 is 28.3 Å². The maximum atomic E-state index is 14.9. The molecule has 1 saturated heterocycles. The van der Waals surface area contributed by atoms with Crippen LogP contribution in [0.4, 0.5) is 0 Å². The molecule has 270 valence electrons. The van der Waals surface area contributed by atoms with Gasteiger partial charge in [-0.15, -0.1) is 0 Å². The van der Waals surface area contributed by atoms with E-state index >= 15 is 0 Å². The first-order valence-electron chi connectivity index (χ1n) is 17.6. The largest absolute Gasteiger partial charge is 0.457 e. The van der Waals surface area contributed by atoms with Crippen LogP contribution in [0.3, 0.4) is 0 Å². The zero-order valence-corrected chi connectivity index (χ0v) is 32.3. The van der Waals surface area contributed by atoms with Crippen molar-refractivity contribution in [2.45, 2.75) is 52.1 Å². The van der Waals surface area contributed by atoms with E-state index in [9.17, 15) is 19.2 Å². The van der Waals surface area contributed by atoms with Crippen LogP contribution >= 0.6 is 6.89 Å². The van der Waals surface area contributed by atoms with Crippen molar-refractivity contribution in [2.24, 2.45) is 5.92 Å². The van der Waals surface area contributed by atoms with E-state index in [0.29, 0.717) is 17.7 Å². The van der Waals surface area contributed by atoms with Gasteiger partial charge < -0.3 is 19.4 Å². The van der Waals surface area contributed by atoms with Gasteiger partial charge in [0.2, 0.25) is 5.91 Å². The molecule has 1 aliphatic rings. The highest BCUT2D eigenvalue weighted by Gasteiger charge is 2.56. The van der Waals surface area contributed by atoms with Gasteiger partial charge in [0.25, 0.3) is 5.91 Å². The highest BCUT2D eigenvalue weighted by Crippen LogP contribution is 2.50. The van der Waals surface area contributed by atoms with Crippen molar-refractivity contribution in [3.63, 3.8) is 0 Å². The molecule has 0 saturated carbocycles. The summed E-state index contributed by atoms with van der Waals surface area (Å²) in [7, 11) is -2.14. The van der Waals surface area contributed by atoms with Gasteiger partial charge in [-0.05, 0) is 61.5 Å². The Labute approximate surface area is 308 Å². The summed E-state index contributed by atoms with van der Waals surface area (Å²) < 4.78 is 12.4. The van der Waals surface area contributed by atoms with Crippen LogP contribution in [0.2, 0.25) is 19.6 Å². The van der Waals surface area contributed by atoms with Crippen LogP contribution in [0, 0.1) is 5.92 Å². The van der Waals surface area contributed by atoms with Gasteiger partial charge in [0.15, 0.2) is 14.1 Å². The van der Waals surface area contributed by atoms with Gasteiger partial charge in [0, 0.05) is 31.0 Å². The molecule has 0 bridgehead atoms. The predicted molar refractivity (Wildman–Crippen MR) is 213 cm³/mol. The third kappa shape index (κ3) is 7.97. The Morgan fingerprint density at radius 1 is 0.846 bits per heavy atom. The number of ketones is 1. The zero-order chi connectivity index (χ0) is 37.5. The summed E-state index contributed by atoms with van der Waals surface area (Å²) in [4.78, 5) is 58.2. The normalized spacial score (nSPS) is 16.3. The lowest BCUT2D eigenvalue weighted by atomic mass is 9.79. The van der Waals surface area contributed by atoms with Crippen molar-refractivity contribution in [1.82, 2.24) is 10.2 Å². The number of amides is 2. The minimum Gasteiger partial charge on any atom is -0.457 e. The van der Waals surface area contributed by atoms with E-state index in [1.807, 2.05) is 105 Å². The first-order valence-corrected chi connectivity index (χ1v) is 22.8. The smallest absolute Gasteiger partial charge is 0.356 e. The second-order valence-corrected chi connectivity index (χ2v) is 21.5. The Morgan fingerprint density at radius 3 is 1.85 bits per heavy atom. The Kier molecular flexibility index (Phi) is 12.3. The van der Waals surface area contributed by atoms with Crippen LogP contribution < -0.4 is 21.2 Å². The third-order valence-electron chi connectivity index (χ3n) is 8.98. The quantitative estimate of drug-likeness (QED) is 0.0406. The number of nitrogens with one attached hydrogen (secondary N) is 1. The van der Waals surface area contributed by atoms with Gasteiger partial charge in [0.05, 0.1) is 18.1 Å². The molecule has 0 aromatic heterocycles. The highest BCUT2D eigenvalue weighted by molar-refractivity contribution is 7.96. The maximum absolute atomic E-state index is 14.9. The second kappa shape index (κ2) is 16.7. The molecule has 0 radical (unpaired) electrons. The number of rotatable bonds is 15. The molecule has 1 N–H and O–H groups in total. The molecular weight excluding hydrogens is 688 g/mol. The fourth-order valence-electron chi connectivity index (χ4n) is 6.96. The molecule has 3 atom stereocenters. The molecule has 8 nitrogen and oxygen atoms in total. The van der Waals surface area contributed by atoms with E-state index in [1.54, 1.807) is 24.3 Å². The fraction of sp³-hybridized carbons (Fsp3) is 0.262. The van der Waals surface area contributed by atoms with Gasteiger partial charge in [-0.2, -0.15) is 0 Å². The van der Waals surface area contributed by atoms with Crippen LogP contribution in [0.25, 0.3) is 0 Å². The topological polar surface area (TPSA) is 102 Å². The standard InChI is InChI=1S/C42H47N2O6PSi/c1-7-27-49-42(48)41(51(33-21-12-9-13-22-33,34-23-14-10-15-24-34)35-25-16-11-17-26-35)44-36(38(40(44)47)30(3)50-52(4,5)6)29-37(45)31-19-18-20-32(28-31)39(46)43-8-2/h7,9-26,28,30,36,38H,1,8,27,29H2,2-6H3,(H,43,46). The van der Waals surface area contributed by atoms with Crippen molar-refractivity contribution in [3.8, 4) is 0 Å². The van der Waals surface area contributed by atoms with E-state index in [-0.39, 0.29) is 36.0 Å². The summed E-state index contributed by atoms with van der Waals surface area (Å²) in [5.74, 6) is -2.23. The summed E-state index contributed by atoms with van der Waals surface area (Å²) in [6.45, 7) is 10.8. The molecule has 10 heteroatoms. The Bertz CT molecular complexity index is 1870. The molecule has 4 aromatic rings. The predicted octanol–water partition coefficient (Wildman–Crippen LogP) is 5.93. The van der Waals surface area contributed by atoms with Crippen LogP contribution in [0.1, 0.15) is 41.0 Å². The lowest BCUT2D eigenvalue weighted by molar-refractivity contribution is -0.156. The van der Waals surface area contributed by atoms with Gasteiger partial charge in [0.1, 0.15) is 12.0 Å². The monoisotopic (exact) mass is 734 g/mol. The average Bonchev–Trinajstić information content (AvgIpc) is 3.14. The molecule has 2 amide bonds. The summed E-state index contributed by atoms with van der Waals surface area (Å²) >= 11 is 0. The van der Waals surface area contributed by atoms with E-state index in [0.717, 1.165) is 15.9 Å². The lowest BCUT2D eigenvalue weighted by Gasteiger charge is -2.52. The number of Topliss-reactive ketones (excluding diaryl/α,β-unsaturated/α-hetero) is 1. The Morgan fingerprint density at radius 2 is 1.37 bits per heavy atom. The number of benzene rings is 4. The molecule has 5 rings (SSSR count). The number of β-lactam (4-membered cyclic amide) rings is 1. The van der Waals surface area contributed by atoms with Crippen molar-refractivity contribution in [2.75, 3.05) is 13.2 Å². The number of carbonyl (C=O) groups excluding carboxylic acids is 4. The van der Waals surface area contributed by atoms with Gasteiger partial charge in [-0.1, -0.05) is 116 Å². The molecule has 0 spiro atoms. The molecule has 3 unspecified atom stereocenters. The number of likely N-dealkylation sites (tertiary alicyclic amines) is 1. The second-order valence-electron chi connectivity index (χ2n) is 13.7. The number of hydrogen-bond acceptors (Lipinski definition) is 6. The highest BCUT2D eigenvalue weighted by atomic mass is 31.2. The molecule has 1 fully saturated rings. The van der Waals surface area contributed by atoms with Crippen molar-refractivity contribution >= 4 is 60.1 Å². The van der Waals surface area contributed by atoms with E-state index < -0.39 is 39.2 Å². The number of ether oxygens (including phenoxy) is 1. The third-order valence-corrected chi connectivity index (χ3v) is 14.3. The molecule has 1 aliphatic heterocycles. The van der Waals surface area contributed by atoms with Gasteiger partial charge in [-0.25, -0.2) is 4.79 Å². The minimum absolute atomic E-state index is 0.0719. The minimum atomic E-state index is -3.18.